The van der Waals surface area contributed by atoms with Crippen LogP contribution in [0.2, 0.25) is 0 Å². The standard InChI is InChI=1S/C18H25N3O2/c1-13(15-8-7-14-5-2-3-6-16(14)11-15)20-18(23)21-10-4-9-19-17(22)12-21/h7-8,11,13H,2-6,9-10,12H2,1H3,(H,19,22)(H,20,23). The maximum atomic E-state index is 12.4. The van der Waals surface area contributed by atoms with Gasteiger partial charge in [0, 0.05) is 13.1 Å². The molecule has 3 rings (SSSR count). The maximum Gasteiger partial charge on any atom is 0.318 e. The van der Waals surface area contributed by atoms with E-state index in [-0.39, 0.29) is 24.5 Å². The molecule has 5 nitrogen and oxygen atoms in total. The largest absolute Gasteiger partial charge is 0.354 e. The van der Waals surface area contributed by atoms with Gasteiger partial charge in [-0.05, 0) is 55.7 Å². The third-order valence-electron chi connectivity index (χ3n) is 4.76. The zero-order chi connectivity index (χ0) is 16.2. The minimum atomic E-state index is -0.160. The number of fused-ring (bicyclic) bond motifs is 1. The zero-order valence-electron chi connectivity index (χ0n) is 13.7. The number of nitrogens with one attached hydrogen (secondary N) is 2. The van der Waals surface area contributed by atoms with Crippen LogP contribution in [-0.4, -0.2) is 36.5 Å². The van der Waals surface area contributed by atoms with E-state index in [9.17, 15) is 9.59 Å². The molecular formula is C18H25N3O2. The molecule has 1 aromatic rings. The quantitative estimate of drug-likeness (QED) is 0.878. The Kier molecular flexibility index (Phi) is 4.84. The lowest BCUT2D eigenvalue weighted by Gasteiger charge is -2.24. The van der Waals surface area contributed by atoms with Crippen molar-refractivity contribution in [1.29, 1.82) is 0 Å². The molecule has 3 amide bonds. The summed E-state index contributed by atoms with van der Waals surface area (Å²) < 4.78 is 0. The van der Waals surface area contributed by atoms with Gasteiger partial charge in [0.25, 0.3) is 0 Å². The van der Waals surface area contributed by atoms with Crippen LogP contribution in [0.15, 0.2) is 18.2 Å². The van der Waals surface area contributed by atoms with Gasteiger partial charge in [-0.2, -0.15) is 0 Å². The Morgan fingerprint density at radius 2 is 2.00 bits per heavy atom. The van der Waals surface area contributed by atoms with Gasteiger partial charge in [0.2, 0.25) is 5.91 Å². The lowest BCUT2D eigenvalue weighted by atomic mass is 9.89. The van der Waals surface area contributed by atoms with E-state index >= 15 is 0 Å². The van der Waals surface area contributed by atoms with Crippen LogP contribution >= 0.6 is 0 Å². The number of amides is 3. The molecule has 23 heavy (non-hydrogen) atoms. The number of rotatable bonds is 2. The van der Waals surface area contributed by atoms with E-state index in [1.807, 2.05) is 6.92 Å². The molecule has 1 fully saturated rings. The normalized spacial score (nSPS) is 19.3. The second-order valence-corrected chi connectivity index (χ2v) is 6.53. The van der Waals surface area contributed by atoms with Crippen molar-refractivity contribution in [3.8, 4) is 0 Å². The first kappa shape index (κ1) is 15.8. The lowest BCUT2D eigenvalue weighted by molar-refractivity contribution is -0.121. The van der Waals surface area contributed by atoms with Crippen LogP contribution in [0.3, 0.4) is 0 Å². The Morgan fingerprint density at radius 3 is 2.83 bits per heavy atom. The molecule has 0 saturated carbocycles. The second-order valence-electron chi connectivity index (χ2n) is 6.53. The third-order valence-corrected chi connectivity index (χ3v) is 4.76. The fourth-order valence-corrected chi connectivity index (χ4v) is 3.36. The van der Waals surface area contributed by atoms with Crippen molar-refractivity contribution in [1.82, 2.24) is 15.5 Å². The van der Waals surface area contributed by atoms with E-state index in [1.54, 1.807) is 4.90 Å². The van der Waals surface area contributed by atoms with E-state index in [0.717, 1.165) is 18.4 Å². The van der Waals surface area contributed by atoms with Gasteiger partial charge in [-0.3, -0.25) is 4.79 Å². The van der Waals surface area contributed by atoms with Gasteiger partial charge in [-0.25, -0.2) is 4.79 Å². The summed E-state index contributed by atoms with van der Waals surface area (Å²) in [5.74, 6) is -0.0842. The fourth-order valence-electron chi connectivity index (χ4n) is 3.36. The summed E-state index contributed by atoms with van der Waals surface area (Å²) >= 11 is 0. The predicted octanol–water partition coefficient (Wildman–Crippen LogP) is 2.16. The molecule has 0 radical (unpaired) electrons. The second kappa shape index (κ2) is 7.02. The van der Waals surface area contributed by atoms with E-state index in [4.69, 9.17) is 0 Å². The molecule has 0 aromatic heterocycles. The number of aryl methyl sites for hydroxylation is 2. The molecule has 5 heteroatoms. The maximum absolute atomic E-state index is 12.4. The highest BCUT2D eigenvalue weighted by Crippen LogP contribution is 2.24. The smallest absolute Gasteiger partial charge is 0.318 e. The van der Waals surface area contributed by atoms with Crippen molar-refractivity contribution >= 4 is 11.9 Å². The van der Waals surface area contributed by atoms with Gasteiger partial charge in [-0.15, -0.1) is 0 Å². The number of hydrogen-bond donors (Lipinski definition) is 2. The highest BCUT2D eigenvalue weighted by Gasteiger charge is 2.21. The molecule has 2 N–H and O–H groups in total. The van der Waals surface area contributed by atoms with Crippen molar-refractivity contribution < 1.29 is 9.59 Å². The Bertz CT molecular complexity index is 600. The van der Waals surface area contributed by atoms with E-state index in [2.05, 4.69) is 28.8 Å². The van der Waals surface area contributed by atoms with Crippen LogP contribution in [-0.2, 0) is 17.6 Å². The summed E-state index contributed by atoms with van der Waals surface area (Å²) in [5, 5.41) is 5.82. The first-order valence-corrected chi connectivity index (χ1v) is 8.57. The monoisotopic (exact) mass is 315 g/mol. The third kappa shape index (κ3) is 3.84. The number of carbonyl (C=O) groups is 2. The van der Waals surface area contributed by atoms with Crippen LogP contribution in [0, 0.1) is 0 Å². The number of urea groups is 1. The number of hydrogen-bond acceptors (Lipinski definition) is 2. The summed E-state index contributed by atoms with van der Waals surface area (Å²) in [4.78, 5) is 25.6. The molecule has 1 aromatic carbocycles. The summed E-state index contributed by atoms with van der Waals surface area (Å²) in [6.07, 6.45) is 5.62. The first-order chi connectivity index (χ1) is 11.1. The van der Waals surface area contributed by atoms with Crippen LogP contribution in [0.25, 0.3) is 0 Å². The average molecular weight is 315 g/mol. The molecule has 124 valence electrons. The van der Waals surface area contributed by atoms with E-state index < -0.39 is 0 Å². The van der Waals surface area contributed by atoms with Gasteiger partial charge in [-0.1, -0.05) is 18.2 Å². The van der Waals surface area contributed by atoms with E-state index in [0.29, 0.717) is 13.1 Å². The van der Waals surface area contributed by atoms with Crippen molar-refractivity contribution in [2.24, 2.45) is 0 Å². The molecule has 1 saturated heterocycles. The van der Waals surface area contributed by atoms with Crippen LogP contribution in [0.5, 0.6) is 0 Å². The van der Waals surface area contributed by atoms with Crippen molar-refractivity contribution in [3.05, 3.63) is 34.9 Å². The fraction of sp³-hybridized carbons (Fsp3) is 0.556. The summed E-state index contributed by atoms with van der Waals surface area (Å²) in [7, 11) is 0. The molecule has 0 spiro atoms. The highest BCUT2D eigenvalue weighted by molar-refractivity contribution is 5.84. The van der Waals surface area contributed by atoms with Gasteiger partial charge >= 0.3 is 6.03 Å². The topological polar surface area (TPSA) is 61.4 Å². The van der Waals surface area contributed by atoms with Crippen LogP contribution in [0.4, 0.5) is 4.79 Å². The minimum Gasteiger partial charge on any atom is -0.354 e. The van der Waals surface area contributed by atoms with Gasteiger partial charge < -0.3 is 15.5 Å². The molecule has 0 bridgehead atoms. The molecule has 1 heterocycles. The summed E-state index contributed by atoms with van der Waals surface area (Å²) in [6, 6.07) is 6.33. The van der Waals surface area contributed by atoms with Gasteiger partial charge in [0.15, 0.2) is 0 Å². The minimum absolute atomic E-state index is 0.0546. The number of carbonyl (C=O) groups excluding carboxylic acids is 2. The predicted molar refractivity (Wildman–Crippen MR) is 89.2 cm³/mol. The zero-order valence-corrected chi connectivity index (χ0v) is 13.7. The van der Waals surface area contributed by atoms with Gasteiger partial charge in [0.1, 0.15) is 6.54 Å². The number of nitrogens with zero attached hydrogens (tertiary/aromatic N) is 1. The summed E-state index contributed by atoms with van der Waals surface area (Å²) in [6.45, 7) is 3.40. The average Bonchev–Trinajstić information content (AvgIpc) is 2.79. The SMILES string of the molecule is CC(NC(=O)N1CCCNC(=O)C1)c1ccc2c(c1)CCCC2. The molecule has 1 aliphatic heterocycles. The lowest BCUT2D eigenvalue weighted by Crippen LogP contribution is -2.44. The van der Waals surface area contributed by atoms with E-state index in [1.165, 1.54) is 30.4 Å². The van der Waals surface area contributed by atoms with Gasteiger partial charge in [0.05, 0.1) is 6.04 Å². The Balaban J connectivity index is 1.65. The van der Waals surface area contributed by atoms with Crippen molar-refractivity contribution in [2.45, 2.75) is 45.1 Å². The molecule has 1 atom stereocenters. The molecule has 2 aliphatic rings. The molecular weight excluding hydrogens is 290 g/mol. The molecule has 1 unspecified atom stereocenters. The first-order valence-electron chi connectivity index (χ1n) is 8.57. The van der Waals surface area contributed by atoms with Crippen molar-refractivity contribution in [2.75, 3.05) is 19.6 Å². The Hall–Kier alpha value is -2.04. The number of benzene rings is 1. The van der Waals surface area contributed by atoms with Crippen molar-refractivity contribution in [3.63, 3.8) is 0 Å². The van der Waals surface area contributed by atoms with Crippen LogP contribution in [0.1, 0.15) is 48.9 Å². The Labute approximate surface area is 137 Å². The summed E-state index contributed by atoms with van der Waals surface area (Å²) in [5.41, 5.74) is 4.00. The van der Waals surface area contributed by atoms with Crippen LogP contribution < -0.4 is 10.6 Å². The Morgan fingerprint density at radius 1 is 1.22 bits per heavy atom. The highest BCUT2D eigenvalue weighted by atomic mass is 16.2. The molecule has 1 aliphatic carbocycles.